The Bertz CT molecular complexity index is 390. The van der Waals surface area contributed by atoms with Crippen LogP contribution in [0.1, 0.15) is 34.1 Å². The molecule has 1 aliphatic heterocycles. The monoisotopic (exact) mass is 302 g/mol. The maximum Gasteiger partial charge on any atom is 0.407 e. The Kier molecular flexibility index (Phi) is 6.19. The van der Waals surface area contributed by atoms with Crippen LogP contribution in [0.3, 0.4) is 0 Å². The Hall–Kier alpha value is -1.37. The Labute approximate surface area is 123 Å². The van der Waals surface area contributed by atoms with Gasteiger partial charge in [0, 0.05) is 12.0 Å². The molecule has 1 heterocycles. The van der Waals surface area contributed by atoms with Gasteiger partial charge in [0.05, 0.1) is 12.0 Å². The number of esters is 1. The number of hydrogen-bond donors (Lipinski definition) is 2. The molecule has 114 valence electrons. The van der Waals surface area contributed by atoms with Crippen LogP contribution in [0.2, 0.25) is 0 Å². The summed E-state index contributed by atoms with van der Waals surface area (Å²) < 4.78 is 10.0. The van der Waals surface area contributed by atoms with Crippen LogP contribution in [-0.2, 0) is 14.3 Å². The van der Waals surface area contributed by atoms with E-state index in [1.807, 2.05) is 20.8 Å². The van der Waals surface area contributed by atoms with Crippen LogP contribution in [0, 0.1) is 0 Å². The van der Waals surface area contributed by atoms with E-state index in [1.54, 1.807) is 12.3 Å². The van der Waals surface area contributed by atoms with Gasteiger partial charge in [0.1, 0.15) is 11.3 Å². The number of rotatable bonds is 5. The van der Waals surface area contributed by atoms with Gasteiger partial charge in [-0.2, -0.15) is 0 Å². The van der Waals surface area contributed by atoms with Gasteiger partial charge in [-0.1, -0.05) is 0 Å². The van der Waals surface area contributed by atoms with Crippen LogP contribution in [0.15, 0.2) is 11.1 Å². The molecule has 1 unspecified atom stereocenters. The highest BCUT2D eigenvalue weighted by Gasteiger charge is 2.22. The van der Waals surface area contributed by atoms with Crippen LogP contribution in [0.25, 0.3) is 0 Å². The van der Waals surface area contributed by atoms with Crippen LogP contribution in [-0.4, -0.2) is 36.2 Å². The van der Waals surface area contributed by atoms with Crippen molar-refractivity contribution in [2.24, 2.45) is 0 Å². The Morgan fingerprint density at radius 3 is 2.75 bits per heavy atom. The number of carbonyl (C=O) groups excluding carboxylic acids is 2. The predicted octanol–water partition coefficient (Wildman–Crippen LogP) is 1.97. The molecule has 0 aromatic rings. The zero-order chi connectivity index (χ0) is 15.2. The van der Waals surface area contributed by atoms with Crippen LogP contribution in [0.5, 0.6) is 0 Å². The second-order valence-electron chi connectivity index (χ2n) is 5.24. The molecule has 0 fully saturated rings. The molecule has 2 N–H and O–H groups in total. The van der Waals surface area contributed by atoms with E-state index in [-0.39, 0.29) is 11.3 Å². The molecule has 0 saturated heterocycles. The lowest BCUT2D eigenvalue weighted by Gasteiger charge is -2.20. The Morgan fingerprint density at radius 1 is 1.45 bits per heavy atom. The minimum atomic E-state index is -0.497. The number of amides is 1. The Balaban J connectivity index is 2.20. The van der Waals surface area contributed by atoms with Crippen molar-refractivity contribution in [1.29, 1.82) is 0 Å². The van der Waals surface area contributed by atoms with E-state index < -0.39 is 11.7 Å². The average molecular weight is 302 g/mol. The zero-order valence-electron chi connectivity index (χ0n) is 12.3. The highest BCUT2D eigenvalue weighted by molar-refractivity contribution is 8.03. The molecule has 1 atom stereocenters. The highest BCUT2D eigenvalue weighted by Crippen LogP contribution is 2.23. The minimum Gasteiger partial charge on any atom is -0.461 e. The van der Waals surface area contributed by atoms with Crippen LogP contribution in [0.4, 0.5) is 4.79 Å². The van der Waals surface area contributed by atoms with Gasteiger partial charge < -0.3 is 20.1 Å². The number of thioether (sulfide) groups is 1. The third-order valence-corrected chi connectivity index (χ3v) is 3.29. The summed E-state index contributed by atoms with van der Waals surface area (Å²) in [6.45, 7) is 8.04. The van der Waals surface area contributed by atoms with Gasteiger partial charge in [0.15, 0.2) is 0 Å². The lowest BCUT2D eigenvalue weighted by molar-refractivity contribution is -0.138. The van der Waals surface area contributed by atoms with Crippen molar-refractivity contribution in [2.45, 2.75) is 45.1 Å². The fourth-order valence-corrected chi connectivity index (χ4v) is 2.38. The molecular weight excluding hydrogens is 280 g/mol. The van der Waals surface area contributed by atoms with Crippen molar-refractivity contribution < 1.29 is 19.1 Å². The van der Waals surface area contributed by atoms with Gasteiger partial charge in [-0.3, -0.25) is 0 Å². The molecule has 0 aliphatic carbocycles. The molecule has 7 heteroatoms. The molecule has 0 radical (unpaired) electrons. The summed E-state index contributed by atoms with van der Waals surface area (Å²) in [5.41, 5.74) is -0.0255. The number of alkyl carbamates (subject to hydrolysis) is 1. The summed E-state index contributed by atoms with van der Waals surface area (Å²) in [4.78, 5) is 22.9. The third kappa shape index (κ3) is 6.18. The van der Waals surface area contributed by atoms with Crippen LogP contribution >= 0.6 is 11.8 Å². The van der Waals surface area contributed by atoms with Crippen molar-refractivity contribution in [1.82, 2.24) is 10.6 Å². The molecular formula is C13H22N2O4S. The molecule has 20 heavy (non-hydrogen) atoms. The summed E-state index contributed by atoms with van der Waals surface area (Å²) in [7, 11) is 0. The van der Waals surface area contributed by atoms with Crippen molar-refractivity contribution in [3.63, 3.8) is 0 Å². The van der Waals surface area contributed by atoms with Crippen LogP contribution < -0.4 is 10.6 Å². The molecule has 1 rings (SSSR count). The minimum absolute atomic E-state index is 0.0596. The molecule has 0 aromatic heterocycles. The van der Waals surface area contributed by atoms with Crippen molar-refractivity contribution in [2.75, 3.05) is 13.2 Å². The van der Waals surface area contributed by atoms with Gasteiger partial charge in [-0.25, -0.2) is 9.59 Å². The highest BCUT2D eigenvalue weighted by atomic mass is 32.2. The SMILES string of the molecule is CCOC(=O)C1=CSC(CCNC(=O)OC(C)(C)C)N1. The summed E-state index contributed by atoms with van der Waals surface area (Å²) in [5.74, 6) is -0.345. The number of nitrogens with one attached hydrogen (secondary N) is 2. The van der Waals surface area contributed by atoms with E-state index in [0.29, 0.717) is 25.3 Å². The predicted molar refractivity (Wildman–Crippen MR) is 78.1 cm³/mol. The van der Waals surface area contributed by atoms with E-state index in [1.165, 1.54) is 11.8 Å². The molecule has 0 saturated carbocycles. The maximum absolute atomic E-state index is 11.5. The first-order valence-electron chi connectivity index (χ1n) is 6.58. The Morgan fingerprint density at radius 2 is 2.15 bits per heavy atom. The first-order chi connectivity index (χ1) is 9.31. The van der Waals surface area contributed by atoms with E-state index in [2.05, 4.69) is 10.6 Å². The van der Waals surface area contributed by atoms with Gasteiger partial charge in [0.25, 0.3) is 0 Å². The maximum atomic E-state index is 11.5. The smallest absolute Gasteiger partial charge is 0.407 e. The normalized spacial score (nSPS) is 18.0. The molecule has 0 spiro atoms. The van der Waals surface area contributed by atoms with E-state index in [0.717, 1.165) is 0 Å². The number of carbonyl (C=O) groups is 2. The van der Waals surface area contributed by atoms with Gasteiger partial charge >= 0.3 is 12.1 Å². The lowest BCUT2D eigenvalue weighted by Crippen LogP contribution is -2.35. The third-order valence-electron chi connectivity index (χ3n) is 2.24. The molecule has 6 nitrogen and oxygen atoms in total. The van der Waals surface area contributed by atoms with Gasteiger partial charge in [-0.05, 0) is 34.1 Å². The fraction of sp³-hybridized carbons (Fsp3) is 0.692. The number of ether oxygens (including phenoxy) is 2. The van der Waals surface area contributed by atoms with Gasteiger partial charge in [0.2, 0.25) is 0 Å². The topological polar surface area (TPSA) is 76.7 Å². The molecule has 0 aromatic carbocycles. The van der Waals surface area contributed by atoms with Crippen molar-refractivity contribution in [3.05, 3.63) is 11.1 Å². The largest absolute Gasteiger partial charge is 0.461 e. The molecule has 1 aliphatic rings. The van der Waals surface area contributed by atoms with Crippen molar-refractivity contribution in [3.8, 4) is 0 Å². The summed E-state index contributed by atoms with van der Waals surface area (Å²) >= 11 is 1.50. The molecule has 0 bridgehead atoms. The van der Waals surface area contributed by atoms with Gasteiger partial charge in [-0.15, -0.1) is 11.8 Å². The van der Waals surface area contributed by atoms with Crippen molar-refractivity contribution >= 4 is 23.8 Å². The number of hydrogen-bond acceptors (Lipinski definition) is 6. The first-order valence-corrected chi connectivity index (χ1v) is 7.52. The average Bonchev–Trinajstić information content (AvgIpc) is 2.75. The quantitative estimate of drug-likeness (QED) is 0.756. The fourth-order valence-electron chi connectivity index (χ4n) is 1.47. The first kappa shape index (κ1) is 16.7. The zero-order valence-corrected chi connectivity index (χ0v) is 13.1. The summed E-state index contributed by atoms with van der Waals surface area (Å²) in [6.07, 6.45) is 0.252. The standard InChI is InChI=1S/C13H22N2O4S/c1-5-18-11(16)9-8-20-10(15-9)6-7-14-12(17)19-13(2,3)4/h8,10,15H,5-7H2,1-4H3,(H,14,17). The molecule has 1 amide bonds. The lowest BCUT2D eigenvalue weighted by atomic mass is 10.2. The summed E-state index contributed by atoms with van der Waals surface area (Å²) in [5, 5.41) is 7.54. The van der Waals surface area contributed by atoms with E-state index >= 15 is 0 Å². The van der Waals surface area contributed by atoms with E-state index in [4.69, 9.17) is 9.47 Å². The summed E-state index contributed by atoms with van der Waals surface area (Å²) in [6, 6.07) is 0. The second-order valence-corrected chi connectivity index (χ2v) is 6.32. The second kappa shape index (κ2) is 7.42. The van der Waals surface area contributed by atoms with E-state index in [9.17, 15) is 9.59 Å².